The highest BCUT2D eigenvalue weighted by Gasteiger charge is 2.39. The normalized spacial score (nSPS) is 15.6. The number of aryl methyl sites for hydroxylation is 1. The van der Waals surface area contributed by atoms with Crippen LogP contribution in [0.2, 0.25) is 0 Å². The lowest BCUT2D eigenvalue weighted by molar-refractivity contribution is 0.229. The summed E-state index contributed by atoms with van der Waals surface area (Å²) in [5.74, 6) is 0.991. The standard InChI is InChI=1S/C16H16BrN5O.ClH/c1-10-9-13(20-22(10)12-5-3-11(17)4-6-12)14-19-15(21-23-14)16(18)7-2-8-16;/h3-6,9H,2,7-8,18H2,1H3;1H. The molecule has 0 amide bonds. The molecule has 1 saturated carbocycles. The molecule has 126 valence electrons. The summed E-state index contributed by atoms with van der Waals surface area (Å²) in [5.41, 5.74) is 8.45. The molecule has 0 spiro atoms. The van der Waals surface area contributed by atoms with Crippen LogP contribution >= 0.6 is 28.3 Å². The van der Waals surface area contributed by atoms with Crippen molar-refractivity contribution in [2.75, 3.05) is 0 Å². The molecule has 0 atom stereocenters. The van der Waals surface area contributed by atoms with Crippen molar-refractivity contribution in [2.45, 2.75) is 31.7 Å². The van der Waals surface area contributed by atoms with Crippen molar-refractivity contribution in [2.24, 2.45) is 5.73 Å². The molecule has 24 heavy (non-hydrogen) atoms. The second-order valence-electron chi connectivity index (χ2n) is 5.99. The Balaban J connectivity index is 0.00000169. The molecule has 3 aromatic rings. The molecule has 1 fully saturated rings. The van der Waals surface area contributed by atoms with Gasteiger partial charge in [-0.2, -0.15) is 10.1 Å². The van der Waals surface area contributed by atoms with E-state index in [0.29, 0.717) is 17.4 Å². The van der Waals surface area contributed by atoms with E-state index in [2.05, 4.69) is 31.2 Å². The molecule has 1 aliphatic carbocycles. The monoisotopic (exact) mass is 409 g/mol. The lowest BCUT2D eigenvalue weighted by atomic mass is 9.77. The summed E-state index contributed by atoms with van der Waals surface area (Å²) in [5, 5.41) is 8.63. The molecule has 0 bridgehead atoms. The maximum Gasteiger partial charge on any atom is 0.278 e. The van der Waals surface area contributed by atoms with Gasteiger partial charge in [-0.25, -0.2) is 4.68 Å². The fraction of sp³-hybridized carbons (Fsp3) is 0.312. The maximum atomic E-state index is 6.24. The zero-order valence-corrected chi connectivity index (χ0v) is 15.5. The fourth-order valence-electron chi connectivity index (χ4n) is 2.73. The Morgan fingerprint density at radius 3 is 2.58 bits per heavy atom. The first kappa shape index (κ1) is 17.1. The van der Waals surface area contributed by atoms with Crippen molar-refractivity contribution in [3.8, 4) is 17.3 Å². The highest BCUT2D eigenvalue weighted by Crippen LogP contribution is 2.37. The van der Waals surface area contributed by atoms with Crippen LogP contribution in [0.5, 0.6) is 0 Å². The van der Waals surface area contributed by atoms with Crippen molar-refractivity contribution in [3.05, 3.63) is 46.3 Å². The number of nitrogens with zero attached hydrogens (tertiary/aromatic N) is 4. The Labute approximate surface area is 154 Å². The van der Waals surface area contributed by atoms with Crippen molar-refractivity contribution < 1.29 is 4.52 Å². The predicted molar refractivity (Wildman–Crippen MR) is 96.3 cm³/mol. The van der Waals surface area contributed by atoms with Crippen LogP contribution in [0.1, 0.15) is 30.8 Å². The molecule has 0 radical (unpaired) electrons. The summed E-state index contributed by atoms with van der Waals surface area (Å²) in [6.07, 6.45) is 2.91. The maximum absolute atomic E-state index is 6.24. The van der Waals surface area contributed by atoms with Crippen LogP contribution in [0.15, 0.2) is 39.3 Å². The summed E-state index contributed by atoms with van der Waals surface area (Å²) in [6.45, 7) is 1.99. The van der Waals surface area contributed by atoms with Crippen LogP contribution in [0.4, 0.5) is 0 Å². The summed E-state index contributed by atoms with van der Waals surface area (Å²) in [7, 11) is 0. The third-order valence-electron chi connectivity index (χ3n) is 4.29. The average molecular weight is 411 g/mol. The predicted octanol–water partition coefficient (Wildman–Crippen LogP) is 3.75. The molecular weight excluding hydrogens is 394 g/mol. The van der Waals surface area contributed by atoms with Crippen LogP contribution in [-0.4, -0.2) is 19.9 Å². The molecule has 0 saturated heterocycles. The van der Waals surface area contributed by atoms with E-state index in [1.165, 1.54) is 0 Å². The van der Waals surface area contributed by atoms with Gasteiger partial charge in [0.05, 0.1) is 11.2 Å². The minimum absolute atomic E-state index is 0. The van der Waals surface area contributed by atoms with Crippen molar-refractivity contribution >= 4 is 28.3 Å². The summed E-state index contributed by atoms with van der Waals surface area (Å²) < 4.78 is 8.26. The average Bonchev–Trinajstić information content (AvgIpc) is 3.13. The van der Waals surface area contributed by atoms with Crippen molar-refractivity contribution in [1.82, 2.24) is 19.9 Å². The SMILES string of the molecule is Cc1cc(-c2nc(C3(N)CCC3)no2)nn1-c1ccc(Br)cc1.Cl. The molecule has 1 aromatic carbocycles. The van der Waals surface area contributed by atoms with E-state index in [0.717, 1.165) is 35.1 Å². The zero-order chi connectivity index (χ0) is 16.0. The molecule has 0 aliphatic heterocycles. The van der Waals surface area contributed by atoms with Gasteiger partial charge in [-0.05, 0) is 56.5 Å². The molecule has 0 unspecified atom stereocenters. The van der Waals surface area contributed by atoms with Gasteiger partial charge in [0.15, 0.2) is 11.5 Å². The third-order valence-corrected chi connectivity index (χ3v) is 4.82. The highest BCUT2D eigenvalue weighted by atomic mass is 79.9. The molecule has 1 aliphatic rings. The Morgan fingerprint density at radius 1 is 1.25 bits per heavy atom. The number of halogens is 2. The Bertz CT molecular complexity index is 854. The van der Waals surface area contributed by atoms with Crippen LogP contribution in [-0.2, 0) is 5.54 Å². The molecular formula is C16H17BrClN5O. The summed E-state index contributed by atoms with van der Waals surface area (Å²) >= 11 is 3.44. The zero-order valence-electron chi connectivity index (χ0n) is 13.1. The van der Waals surface area contributed by atoms with Crippen LogP contribution in [0.3, 0.4) is 0 Å². The van der Waals surface area contributed by atoms with E-state index >= 15 is 0 Å². The van der Waals surface area contributed by atoms with Gasteiger partial charge in [0.25, 0.3) is 5.89 Å². The number of nitrogens with two attached hydrogens (primary N) is 1. The lowest BCUT2D eigenvalue weighted by Gasteiger charge is -2.34. The van der Waals surface area contributed by atoms with Gasteiger partial charge in [0.2, 0.25) is 0 Å². The number of aromatic nitrogens is 4. The number of rotatable bonds is 3. The number of hydrogen-bond acceptors (Lipinski definition) is 5. The number of hydrogen-bond donors (Lipinski definition) is 1. The minimum atomic E-state index is -0.426. The lowest BCUT2D eigenvalue weighted by Crippen LogP contribution is -2.44. The first-order valence-corrected chi connectivity index (χ1v) is 8.30. The summed E-state index contributed by atoms with van der Waals surface area (Å²) in [6, 6.07) is 9.89. The van der Waals surface area contributed by atoms with E-state index in [1.807, 2.05) is 41.9 Å². The van der Waals surface area contributed by atoms with Gasteiger partial charge >= 0.3 is 0 Å². The van der Waals surface area contributed by atoms with Gasteiger partial charge in [0, 0.05) is 10.2 Å². The van der Waals surface area contributed by atoms with E-state index in [1.54, 1.807) is 0 Å². The van der Waals surface area contributed by atoms with E-state index in [4.69, 9.17) is 10.3 Å². The van der Waals surface area contributed by atoms with E-state index in [-0.39, 0.29) is 12.4 Å². The largest absolute Gasteiger partial charge is 0.332 e. The molecule has 2 N–H and O–H groups in total. The van der Waals surface area contributed by atoms with E-state index in [9.17, 15) is 0 Å². The molecule has 8 heteroatoms. The van der Waals surface area contributed by atoms with Crippen molar-refractivity contribution in [3.63, 3.8) is 0 Å². The molecule has 2 heterocycles. The minimum Gasteiger partial charge on any atom is -0.332 e. The Hall–Kier alpha value is -1.70. The van der Waals surface area contributed by atoms with Gasteiger partial charge in [-0.3, -0.25) is 0 Å². The van der Waals surface area contributed by atoms with E-state index < -0.39 is 5.54 Å². The number of benzene rings is 1. The van der Waals surface area contributed by atoms with Gasteiger partial charge in [-0.15, -0.1) is 12.4 Å². The molecule has 2 aromatic heterocycles. The third kappa shape index (κ3) is 2.87. The van der Waals surface area contributed by atoms with Gasteiger partial charge in [-0.1, -0.05) is 21.1 Å². The van der Waals surface area contributed by atoms with Gasteiger partial charge < -0.3 is 10.3 Å². The van der Waals surface area contributed by atoms with Crippen molar-refractivity contribution in [1.29, 1.82) is 0 Å². The second-order valence-corrected chi connectivity index (χ2v) is 6.91. The van der Waals surface area contributed by atoms with Crippen LogP contribution in [0, 0.1) is 6.92 Å². The quantitative estimate of drug-likeness (QED) is 0.711. The first-order valence-electron chi connectivity index (χ1n) is 7.51. The fourth-order valence-corrected chi connectivity index (χ4v) is 3.00. The van der Waals surface area contributed by atoms with Crippen LogP contribution < -0.4 is 5.73 Å². The topological polar surface area (TPSA) is 82.8 Å². The second kappa shape index (κ2) is 6.31. The Morgan fingerprint density at radius 2 is 1.96 bits per heavy atom. The summed E-state index contributed by atoms with van der Waals surface area (Å²) in [4.78, 5) is 4.45. The first-order chi connectivity index (χ1) is 11.0. The van der Waals surface area contributed by atoms with Gasteiger partial charge in [0.1, 0.15) is 0 Å². The highest BCUT2D eigenvalue weighted by molar-refractivity contribution is 9.10. The molecule has 6 nitrogen and oxygen atoms in total. The molecule has 4 rings (SSSR count). The Kier molecular flexibility index (Phi) is 4.50. The smallest absolute Gasteiger partial charge is 0.278 e. The van der Waals surface area contributed by atoms with Crippen LogP contribution in [0.25, 0.3) is 17.3 Å².